The molecule has 1 aromatic heterocycles. The largest absolute Gasteiger partial charge is 0.352 e. The molecule has 0 radical (unpaired) electrons. The van der Waals surface area contributed by atoms with Gasteiger partial charge in [-0.3, -0.25) is 0 Å². The molecule has 16 heavy (non-hydrogen) atoms. The molecule has 4 nitrogen and oxygen atoms in total. The third-order valence-corrected chi connectivity index (χ3v) is 3.30. The average Bonchev–Trinajstić information content (AvgIpc) is 2.65. The van der Waals surface area contributed by atoms with Crippen molar-refractivity contribution in [2.24, 2.45) is 0 Å². The van der Waals surface area contributed by atoms with Gasteiger partial charge in [0.05, 0.1) is 0 Å². The van der Waals surface area contributed by atoms with E-state index in [4.69, 9.17) is 0 Å². The van der Waals surface area contributed by atoms with Crippen LogP contribution in [0.5, 0.6) is 0 Å². The van der Waals surface area contributed by atoms with Crippen molar-refractivity contribution in [2.45, 2.75) is 18.9 Å². The SMILES string of the molecule is CN(C)CC1CCCN1c1cc(Br)ncn1. The van der Waals surface area contributed by atoms with Crippen molar-refractivity contribution in [1.82, 2.24) is 14.9 Å². The van der Waals surface area contributed by atoms with Crippen molar-refractivity contribution in [1.29, 1.82) is 0 Å². The van der Waals surface area contributed by atoms with E-state index >= 15 is 0 Å². The quantitative estimate of drug-likeness (QED) is 0.792. The fraction of sp³-hybridized carbons (Fsp3) is 0.636. The summed E-state index contributed by atoms with van der Waals surface area (Å²) in [5, 5.41) is 0. The molecule has 1 fully saturated rings. The van der Waals surface area contributed by atoms with Gasteiger partial charge in [0, 0.05) is 25.2 Å². The van der Waals surface area contributed by atoms with Gasteiger partial charge >= 0.3 is 0 Å². The van der Waals surface area contributed by atoms with Crippen LogP contribution in [0.2, 0.25) is 0 Å². The lowest BCUT2D eigenvalue weighted by Gasteiger charge is -2.27. The first-order valence-corrected chi connectivity index (χ1v) is 6.35. The zero-order valence-electron chi connectivity index (χ0n) is 9.73. The van der Waals surface area contributed by atoms with Crippen molar-refractivity contribution in [3.05, 3.63) is 17.0 Å². The fourth-order valence-electron chi connectivity index (χ4n) is 2.23. The minimum Gasteiger partial charge on any atom is -0.352 e. The van der Waals surface area contributed by atoms with Crippen LogP contribution in [0.3, 0.4) is 0 Å². The molecule has 0 amide bonds. The van der Waals surface area contributed by atoms with Crippen LogP contribution < -0.4 is 4.90 Å². The molecule has 0 spiro atoms. The van der Waals surface area contributed by atoms with Crippen LogP contribution in [0.1, 0.15) is 12.8 Å². The molecule has 1 aliphatic rings. The lowest BCUT2D eigenvalue weighted by molar-refractivity contribution is 0.371. The highest BCUT2D eigenvalue weighted by atomic mass is 79.9. The van der Waals surface area contributed by atoms with Crippen LogP contribution in [0, 0.1) is 0 Å². The molecule has 5 heteroatoms. The summed E-state index contributed by atoms with van der Waals surface area (Å²) in [7, 11) is 4.23. The van der Waals surface area contributed by atoms with Gasteiger partial charge in [-0.15, -0.1) is 0 Å². The molecule has 1 aliphatic heterocycles. The van der Waals surface area contributed by atoms with Crippen LogP contribution in [-0.4, -0.2) is 48.1 Å². The van der Waals surface area contributed by atoms with Gasteiger partial charge in [0.15, 0.2) is 0 Å². The number of likely N-dealkylation sites (N-methyl/N-ethyl adjacent to an activating group) is 1. The van der Waals surface area contributed by atoms with E-state index in [2.05, 4.69) is 49.8 Å². The highest BCUT2D eigenvalue weighted by Crippen LogP contribution is 2.25. The first-order valence-electron chi connectivity index (χ1n) is 5.56. The number of hydrogen-bond acceptors (Lipinski definition) is 4. The molecule has 0 N–H and O–H groups in total. The molecule has 1 saturated heterocycles. The summed E-state index contributed by atoms with van der Waals surface area (Å²) >= 11 is 3.39. The summed E-state index contributed by atoms with van der Waals surface area (Å²) in [6, 6.07) is 2.57. The fourth-order valence-corrected chi connectivity index (χ4v) is 2.53. The van der Waals surface area contributed by atoms with E-state index in [0.29, 0.717) is 6.04 Å². The summed E-state index contributed by atoms with van der Waals surface area (Å²) in [5.74, 6) is 1.03. The zero-order chi connectivity index (χ0) is 11.5. The van der Waals surface area contributed by atoms with Crippen molar-refractivity contribution >= 4 is 21.7 Å². The first kappa shape index (κ1) is 11.8. The molecule has 2 rings (SSSR count). The van der Waals surface area contributed by atoms with Crippen LogP contribution in [-0.2, 0) is 0 Å². The van der Waals surface area contributed by atoms with E-state index in [0.717, 1.165) is 23.5 Å². The highest BCUT2D eigenvalue weighted by molar-refractivity contribution is 9.10. The molecule has 0 aromatic carbocycles. The predicted molar refractivity (Wildman–Crippen MR) is 68.7 cm³/mol. The van der Waals surface area contributed by atoms with E-state index in [1.54, 1.807) is 6.33 Å². The van der Waals surface area contributed by atoms with E-state index in [9.17, 15) is 0 Å². The second kappa shape index (κ2) is 5.10. The monoisotopic (exact) mass is 284 g/mol. The van der Waals surface area contributed by atoms with Crippen molar-refractivity contribution in [3.63, 3.8) is 0 Å². The molecular formula is C11H17BrN4. The number of hydrogen-bond donors (Lipinski definition) is 0. The van der Waals surface area contributed by atoms with Gasteiger partial charge in [0.1, 0.15) is 16.7 Å². The molecule has 1 atom stereocenters. The Balaban J connectivity index is 2.13. The third-order valence-electron chi connectivity index (χ3n) is 2.87. The molecule has 2 heterocycles. The van der Waals surface area contributed by atoms with Crippen molar-refractivity contribution in [3.8, 4) is 0 Å². The predicted octanol–water partition coefficient (Wildman–Crippen LogP) is 1.77. The minimum absolute atomic E-state index is 0.580. The highest BCUT2D eigenvalue weighted by Gasteiger charge is 2.26. The van der Waals surface area contributed by atoms with Crippen LogP contribution >= 0.6 is 15.9 Å². The second-order valence-corrected chi connectivity index (χ2v) is 5.26. The number of aromatic nitrogens is 2. The number of anilines is 1. The number of nitrogens with zero attached hydrogens (tertiary/aromatic N) is 4. The van der Waals surface area contributed by atoms with Crippen molar-refractivity contribution < 1.29 is 0 Å². The van der Waals surface area contributed by atoms with Crippen molar-refractivity contribution in [2.75, 3.05) is 32.1 Å². The van der Waals surface area contributed by atoms with Gasteiger partial charge in [-0.2, -0.15) is 0 Å². The maximum Gasteiger partial charge on any atom is 0.133 e. The minimum atomic E-state index is 0.580. The normalized spacial score (nSPS) is 20.8. The van der Waals surface area contributed by atoms with E-state index in [1.165, 1.54) is 12.8 Å². The second-order valence-electron chi connectivity index (χ2n) is 4.45. The molecule has 0 saturated carbocycles. The zero-order valence-corrected chi connectivity index (χ0v) is 11.3. The summed E-state index contributed by atoms with van der Waals surface area (Å²) in [4.78, 5) is 13.0. The molecule has 0 aliphatic carbocycles. The van der Waals surface area contributed by atoms with E-state index < -0.39 is 0 Å². The summed E-state index contributed by atoms with van der Waals surface area (Å²) < 4.78 is 0.855. The Labute approximate surface area is 105 Å². The maximum atomic E-state index is 4.35. The maximum absolute atomic E-state index is 4.35. The Bertz CT molecular complexity index is 356. The van der Waals surface area contributed by atoms with Gasteiger partial charge < -0.3 is 9.80 Å². The summed E-state index contributed by atoms with van der Waals surface area (Å²) in [5.41, 5.74) is 0. The Kier molecular flexibility index (Phi) is 3.76. The lowest BCUT2D eigenvalue weighted by Crippen LogP contribution is -2.38. The summed E-state index contributed by atoms with van der Waals surface area (Å²) in [6.07, 6.45) is 4.12. The molecule has 0 bridgehead atoms. The lowest BCUT2D eigenvalue weighted by atomic mass is 10.2. The van der Waals surface area contributed by atoms with Crippen LogP contribution in [0.25, 0.3) is 0 Å². The van der Waals surface area contributed by atoms with Crippen LogP contribution in [0.15, 0.2) is 17.0 Å². The smallest absolute Gasteiger partial charge is 0.133 e. The molecule has 88 valence electrons. The Hall–Kier alpha value is -0.680. The van der Waals surface area contributed by atoms with Gasteiger partial charge in [0.2, 0.25) is 0 Å². The van der Waals surface area contributed by atoms with Gasteiger partial charge in [-0.25, -0.2) is 9.97 Å². The molecule has 1 unspecified atom stereocenters. The average molecular weight is 285 g/mol. The topological polar surface area (TPSA) is 32.3 Å². The first-order chi connectivity index (χ1) is 7.66. The number of halogens is 1. The van der Waals surface area contributed by atoms with Crippen LogP contribution in [0.4, 0.5) is 5.82 Å². The van der Waals surface area contributed by atoms with Gasteiger partial charge in [-0.1, -0.05) is 0 Å². The van der Waals surface area contributed by atoms with E-state index in [1.807, 2.05) is 6.07 Å². The summed E-state index contributed by atoms with van der Waals surface area (Å²) in [6.45, 7) is 2.18. The number of rotatable bonds is 3. The molecule has 1 aromatic rings. The Morgan fingerprint density at radius 2 is 2.31 bits per heavy atom. The molecular weight excluding hydrogens is 268 g/mol. The Morgan fingerprint density at radius 1 is 1.50 bits per heavy atom. The Morgan fingerprint density at radius 3 is 3.00 bits per heavy atom. The standard InChI is InChI=1S/C11H17BrN4/c1-15(2)7-9-4-3-5-16(9)11-6-10(12)13-8-14-11/h6,8-9H,3-5,7H2,1-2H3. The third kappa shape index (κ3) is 2.71. The van der Waals surface area contributed by atoms with Gasteiger partial charge in [0.25, 0.3) is 0 Å². The van der Waals surface area contributed by atoms with Gasteiger partial charge in [-0.05, 0) is 42.9 Å². The van der Waals surface area contributed by atoms with E-state index in [-0.39, 0.29) is 0 Å².